The summed E-state index contributed by atoms with van der Waals surface area (Å²) >= 11 is 0. The van der Waals surface area contributed by atoms with Crippen LogP contribution >= 0.6 is 0 Å². The molecule has 2 aliphatic rings. The maximum atomic E-state index is 11.7. The van der Waals surface area contributed by atoms with Gasteiger partial charge in [-0.1, -0.05) is 0 Å². The van der Waals surface area contributed by atoms with Crippen molar-refractivity contribution in [3.05, 3.63) is 86.4 Å². The topological polar surface area (TPSA) is 158 Å². The molecule has 12 heteroatoms. The van der Waals surface area contributed by atoms with Crippen LogP contribution in [0.1, 0.15) is 24.2 Å². The number of anilines is 1. The van der Waals surface area contributed by atoms with E-state index < -0.39 is 20.9 Å². The Balaban J connectivity index is 1.55. The van der Waals surface area contributed by atoms with E-state index in [4.69, 9.17) is 4.74 Å². The first-order valence-corrected chi connectivity index (χ1v) is 10.8. The molecule has 0 amide bonds. The fraction of sp³-hybridized carbons (Fsp3) is 0.304. The summed E-state index contributed by atoms with van der Waals surface area (Å²) in [5.41, 5.74) is -1.15. The summed E-state index contributed by atoms with van der Waals surface area (Å²) in [5, 5.41) is 25.9. The molecule has 0 spiro atoms. The van der Waals surface area contributed by atoms with Crippen LogP contribution in [0.4, 0.5) is 17.2 Å². The lowest BCUT2D eigenvalue weighted by atomic mass is 9.91. The van der Waals surface area contributed by atoms with E-state index in [1.165, 1.54) is 18.3 Å². The summed E-state index contributed by atoms with van der Waals surface area (Å²) in [5.74, 6) is 0.454. The van der Waals surface area contributed by atoms with Crippen molar-refractivity contribution in [2.24, 2.45) is 9.98 Å². The molecule has 0 bridgehead atoms. The second-order valence-corrected chi connectivity index (χ2v) is 8.02. The zero-order chi connectivity index (χ0) is 24.9. The standard InChI is InChI=1S/C23H23N7O5/c1-35-15-11-23(9-3-13-27-23)21-18(30(33)34)5-7-20(28-21)24-14-10-22(8-2-12-26-22)19-6-4-17(16-25-19)29(31)32/h2-9,12-13,16H,10-11,14-15H2,1H3,(H,24,28). The molecule has 0 radical (unpaired) electrons. The maximum absolute atomic E-state index is 11.7. The molecule has 2 aromatic rings. The molecule has 4 heterocycles. The van der Waals surface area contributed by atoms with Gasteiger partial charge in [0.25, 0.3) is 11.4 Å². The third-order valence-corrected chi connectivity index (χ3v) is 5.91. The third kappa shape index (κ3) is 4.82. The van der Waals surface area contributed by atoms with Crippen LogP contribution in [0.15, 0.2) is 64.8 Å². The Labute approximate surface area is 200 Å². The van der Waals surface area contributed by atoms with E-state index in [1.54, 1.807) is 49.9 Å². The van der Waals surface area contributed by atoms with E-state index in [9.17, 15) is 20.2 Å². The van der Waals surface area contributed by atoms with Crippen molar-refractivity contribution in [3.8, 4) is 0 Å². The van der Waals surface area contributed by atoms with Gasteiger partial charge in [-0.25, -0.2) is 4.98 Å². The van der Waals surface area contributed by atoms with Gasteiger partial charge in [0.1, 0.15) is 23.1 Å². The van der Waals surface area contributed by atoms with Gasteiger partial charge in [-0.2, -0.15) is 0 Å². The largest absolute Gasteiger partial charge is 0.385 e. The number of nitro groups is 2. The summed E-state index contributed by atoms with van der Waals surface area (Å²) < 4.78 is 5.19. The molecule has 0 saturated carbocycles. The van der Waals surface area contributed by atoms with Crippen LogP contribution < -0.4 is 5.32 Å². The van der Waals surface area contributed by atoms with Crippen molar-refractivity contribution in [2.75, 3.05) is 25.6 Å². The molecule has 35 heavy (non-hydrogen) atoms. The zero-order valence-corrected chi connectivity index (χ0v) is 18.9. The summed E-state index contributed by atoms with van der Waals surface area (Å²) in [6, 6.07) is 5.97. The van der Waals surface area contributed by atoms with Crippen LogP contribution in [-0.2, 0) is 15.8 Å². The van der Waals surface area contributed by atoms with E-state index in [0.717, 1.165) is 0 Å². The van der Waals surface area contributed by atoms with Crippen LogP contribution in [0.3, 0.4) is 0 Å². The van der Waals surface area contributed by atoms with E-state index in [2.05, 4.69) is 25.3 Å². The number of allylic oxidation sites excluding steroid dienone is 2. The number of methoxy groups -OCH3 is 1. The number of nitrogens with one attached hydrogen (secondary N) is 1. The number of nitrogens with zero attached hydrogens (tertiary/aromatic N) is 6. The summed E-state index contributed by atoms with van der Waals surface area (Å²) in [7, 11) is 1.56. The van der Waals surface area contributed by atoms with E-state index in [1.807, 2.05) is 6.08 Å². The van der Waals surface area contributed by atoms with Gasteiger partial charge in [-0.3, -0.25) is 35.2 Å². The second kappa shape index (κ2) is 9.89. The molecule has 0 saturated heterocycles. The van der Waals surface area contributed by atoms with E-state index in [-0.39, 0.29) is 17.1 Å². The summed E-state index contributed by atoms with van der Waals surface area (Å²) in [6.45, 7) is 0.766. The zero-order valence-electron chi connectivity index (χ0n) is 18.9. The summed E-state index contributed by atoms with van der Waals surface area (Å²) in [4.78, 5) is 39.6. The minimum Gasteiger partial charge on any atom is -0.385 e. The van der Waals surface area contributed by atoms with Crippen LogP contribution in [0.2, 0.25) is 0 Å². The third-order valence-electron chi connectivity index (χ3n) is 5.91. The Morgan fingerprint density at radius 3 is 2.29 bits per heavy atom. The average Bonchev–Trinajstić information content (AvgIpc) is 3.54. The molecule has 12 nitrogen and oxygen atoms in total. The average molecular weight is 477 g/mol. The Bertz CT molecular complexity index is 1210. The predicted molar refractivity (Wildman–Crippen MR) is 130 cm³/mol. The Hall–Kier alpha value is -4.32. The fourth-order valence-corrected chi connectivity index (χ4v) is 4.08. The van der Waals surface area contributed by atoms with E-state index in [0.29, 0.717) is 37.5 Å². The number of aromatic nitrogens is 2. The normalized spacial score (nSPS) is 22.1. The number of aliphatic imine (C=N–C) groups is 2. The quantitative estimate of drug-likeness (QED) is 0.380. The maximum Gasteiger partial charge on any atom is 0.293 e. The van der Waals surface area contributed by atoms with Gasteiger partial charge in [-0.05, 0) is 42.9 Å². The Kier molecular flexibility index (Phi) is 6.73. The highest BCUT2D eigenvalue weighted by molar-refractivity contribution is 5.76. The fourth-order valence-electron chi connectivity index (χ4n) is 4.08. The summed E-state index contributed by atoms with van der Waals surface area (Å²) in [6.07, 6.45) is 12.6. The molecule has 0 fully saturated rings. The number of pyridine rings is 2. The van der Waals surface area contributed by atoms with Crippen molar-refractivity contribution in [1.82, 2.24) is 9.97 Å². The molecule has 1 N–H and O–H groups in total. The van der Waals surface area contributed by atoms with Crippen molar-refractivity contribution >= 4 is 29.6 Å². The Morgan fingerprint density at radius 1 is 0.971 bits per heavy atom. The van der Waals surface area contributed by atoms with Crippen LogP contribution in [0, 0.1) is 20.2 Å². The lowest BCUT2D eigenvalue weighted by Crippen LogP contribution is -2.26. The molecule has 2 aromatic heterocycles. The van der Waals surface area contributed by atoms with Crippen molar-refractivity contribution in [1.29, 1.82) is 0 Å². The van der Waals surface area contributed by atoms with Crippen molar-refractivity contribution in [2.45, 2.75) is 23.9 Å². The van der Waals surface area contributed by atoms with Crippen molar-refractivity contribution < 1.29 is 14.6 Å². The van der Waals surface area contributed by atoms with Gasteiger partial charge in [0, 0.05) is 51.2 Å². The lowest BCUT2D eigenvalue weighted by Gasteiger charge is -2.25. The number of hydrogen-bond donors (Lipinski definition) is 1. The van der Waals surface area contributed by atoms with Gasteiger partial charge in [0.15, 0.2) is 5.69 Å². The first-order chi connectivity index (χ1) is 16.9. The Morgan fingerprint density at radius 2 is 1.71 bits per heavy atom. The number of hydrogen-bond acceptors (Lipinski definition) is 10. The molecule has 0 aliphatic carbocycles. The minimum atomic E-state index is -0.974. The number of rotatable bonds is 11. The molecular weight excluding hydrogens is 454 g/mol. The molecule has 180 valence electrons. The highest BCUT2D eigenvalue weighted by Crippen LogP contribution is 2.39. The van der Waals surface area contributed by atoms with Gasteiger partial charge < -0.3 is 10.1 Å². The molecule has 2 atom stereocenters. The van der Waals surface area contributed by atoms with Crippen LogP contribution in [0.5, 0.6) is 0 Å². The highest BCUT2D eigenvalue weighted by Gasteiger charge is 2.38. The number of ether oxygens (including phenoxy) is 1. The minimum absolute atomic E-state index is 0.0957. The van der Waals surface area contributed by atoms with Gasteiger partial charge in [0.2, 0.25) is 0 Å². The van der Waals surface area contributed by atoms with Crippen LogP contribution in [-0.4, -0.2) is 52.5 Å². The molecule has 2 aliphatic heterocycles. The SMILES string of the molecule is COCCC1(c2nc(NCCC3(c4ccc([N+](=O)[O-])cn4)C=CC=N3)ccc2[N+](=O)[O-])C=CC=N1. The second-order valence-electron chi connectivity index (χ2n) is 8.02. The first-order valence-electron chi connectivity index (χ1n) is 10.8. The molecular formula is C23H23N7O5. The smallest absolute Gasteiger partial charge is 0.293 e. The van der Waals surface area contributed by atoms with Gasteiger partial charge in [0.05, 0.1) is 15.5 Å². The van der Waals surface area contributed by atoms with Gasteiger partial charge >= 0.3 is 0 Å². The van der Waals surface area contributed by atoms with E-state index >= 15 is 0 Å². The van der Waals surface area contributed by atoms with Crippen molar-refractivity contribution in [3.63, 3.8) is 0 Å². The monoisotopic (exact) mass is 477 g/mol. The molecule has 2 unspecified atom stereocenters. The molecule has 0 aromatic carbocycles. The molecule has 4 rings (SSSR count). The lowest BCUT2D eigenvalue weighted by molar-refractivity contribution is -0.386. The first kappa shape index (κ1) is 23.8. The van der Waals surface area contributed by atoms with Gasteiger partial charge in [-0.15, -0.1) is 0 Å². The van der Waals surface area contributed by atoms with Crippen LogP contribution in [0.25, 0.3) is 0 Å². The predicted octanol–water partition coefficient (Wildman–Crippen LogP) is 3.50. The highest BCUT2D eigenvalue weighted by atomic mass is 16.6.